The Kier molecular flexibility index (Phi) is 4.58. The highest BCUT2D eigenvalue weighted by atomic mass is 16.2. The smallest absolute Gasteiger partial charge is 0.227 e. The molecule has 0 radical (unpaired) electrons. The van der Waals surface area contributed by atoms with Gasteiger partial charge >= 0.3 is 0 Å². The molecule has 1 amide bonds. The number of hydrogen-bond acceptors (Lipinski definition) is 6. The molecule has 3 fully saturated rings. The number of piperidine rings is 1. The molecule has 3 aromatic rings. The maximum absolute atomic E-state index is 12.9. The normalized spacial score (nSPS) is 21.7. The summed E-state index contributed by atoms with van der Waals surface area (Å²) in [4.78, 5) is 39.1. The number of aromatic amines is 1. The molecule has 1 atom stereocenters. The van der Waals surface area contributed by atoms with Crippen molar-refractivity contribution in [2.45, 2.75) is 44.4 Å². The lowest BCUT2D eigenvalue weighted by atomic mass is 9.96. The number of nitrogens with zero attached hydrogens (tertiary/aromatic N) is 6. The van der Waals surface area contributed by atoms with Crippen LogP contribution in [0.5, 0.6) is 0 Å². The summed E-state index contributed by atoms with van der Waals surface area (Å²) in [5.74, 6) is 3.14. The van der Waals surface area contributed by atoms with Crippen LogP contribution in [-0.2, 0) is 4.79 Å². The molecule has 160 valence electrons. The van der Waals surface area contributed by atoms with Gasteiger partial charge in [0.05, 0.1) is 5.92 Å². The average molecular weight is 418 g/mol. The molecule has 31 heavy (non-hydrogen) atoms. The highest BCUT2D eigenvalue weighted by molar-refractivity contribution is 5.80. The Labute approximate surface area is 181 Å². The van der Waals surface area contributed by atoms with E-state index < -0.39 is 0 Å². The lowest BCUT2D eigenvalue weighted by Crippen LogP contribution is -2.44. The molecule has 0 spiro atoms. The van der Waals surface area contributed by atoms with E-state index >= 15 is 0 Å². The zero-order valence-corrected chi connectivity index (χ0v) is 17.6. The van der Waals surface area contributed by atoms with Crippen molar-refractivity contribution in [3.8, 4) is 11.6 Å². The molecule has 5 heterocycles. The highest BCUT2D eigenvalue weighted by Gasteiger charge is 2.31. The number of rotatable bonds is 4. The van der Waals surface area contributed by atoms with Crippen LogP contribution >= 0.6 is 0 Å². The van der Waals surface area contributed by atoms with Crippen LogP contribution < -0.4 is 4.90 Å². The average Bonchev–Trinajstić information content (AvgIpc) is 3.35. The van der Waals surface area contributed by atoms with Gasteiger partial charge in [0.1, 0.15) is 11.3 Å². The lowest BCUT2D eigenvalue weighted by Gasteiger charge is -2.34. The first-order chi connectivity index (χ1) is 15.2. The third kappa shape index (κ3) is 3.64. The van der Waals surface area contributed by atoms with Gasteiger partial charge in [0.25, 0.3) is 0 Å². The zero-order valence-electron chi connectivity index (χ0n) is 17.6. The molecule has 2 aliphatic heterocycles. The van der Waals surface area contributed by atoms with Gasteiger partial charge in [-0.05, 0) is 56.7 Å². The third-order valence-corrected chi connectivity index (χ3v) is 6.73. The maximum Gasteiger partial charge on any atom is 0.227 e. The Balaban J connectivity index is 1.23. The maximum atomic E-state index is 12.9. The van der Waals surface area contributed by atoms with Crippen LogP contribution in [0, 0.1) is 5.92 Å². The Morgan fingerprint density at radius 1 is 0.968 bits per heavy atom. The molecule has 3 aliphatic rings. The van der Waals surface area contributed by atoms with Crippen molar-refractivity contribution in [1.29, 1.82) is 0 Å². The number of carbonyl (C=O) groups is 1. The summed E-state index contributed by atoms with van der Waals surface area (Å²) in [6.07, 6.45) is 8.48. The third-order valence-electron chi connectivity index (χ3n) is 6.73. The predicted octanol–water partition coefficient (Wildman–Crippen LogP) is 3.13. The number of anilines is 1. The van der Waals surface area contributed by atoms with Gasteiger partial charge in [-0.15, -0.1) is 0 Å². The van der Waals surface area contributed by atoms with Crippen LogP contribution in [-0.4, -0.2) is 61.9 Å². The summed E-state index contributed by atoms with van der Waals surface area (Å²) < 4.78 is 0. The number of hydrogen-bond donors (Lipinski definition) is 1. The first-order valence-electron chi connectivity index (χ1n) is 11.5. The standard InChI is InChI=1S/C23H27N7O/c31-23(29-11-1-2-12-29)16-4-3-13-30(14-16)19-8-7-18-20(27-19)28-22(26-18)21-24-10-9-17(25-21)15-5-6-15/h7-10,15-16H,1-6,11-14H2,(H,26,27,28)/t16-/m1/s1. The molecular formula is C23H27N7O. The Hall–Kier alpha value is -3.03. The van der Waals surface area contributed by atoms with Crippen molar-refractivity contribution < 1.29 is 4.79 Å². The van der Waals surface area contributed by atoms with Crippen molar-refractivity contribution in [3.63, 3.8) is 0 Å². The number of aromatic nitrogens is 5. The summed E-state index contributed by atoms with van der Waals surface area (Å²) >= 11 is 0. The minimum Gasteiger partial charge on any atom is -0.356 e. The number of pyridine rings is 1. The Bertz CT molecular complexity index is 1120. The van der Waals surface area contributed by atoms with Gasteiger partial charge in [0, 0.05) is 44.0 Å². The van der Waals surface area contributed by atoms with E-state index in [4.69, 9.17) is 9.97 Å². The van der Waals surface area contributed by atoms with Crippen LogP contribution in [0.2, 0.25) is 0 Å². The second-order valence-electron chi connectivity index (χ2n) is 9.02. The van der Waals surface area contributed by atoms with Crippen molar-refractivity contribution in [1.82, 2.24) is 29.8 Å². The first-order valence-corrected chi connectivity index (χ1v) is 11.5. The summed E-state index contributed by atoms with van der Waals surface area (Å²) in [6.45, 7) is 3.50. The SMILES string of the molecule is O=C([C@@H]1CCCN(c2ccc3nc(-c4nccc(C5CC5)n4)[nH]c3n2)C1)N1CCCC1. The van der Waals surface area contributed by atoms with Crippen molar-refractivity contribution in [2.24, 2.45) is 5.92 Å². The molecule has 0 bridgehead atoms. The largest absolute Gasteiger partial charge is 0.356 e. The van der Waals surface area contributed by atoms with Gasteiger partial charge in [-0.2, -0.15) is 0 Å². The molecule has 8 nitrogen and oxygen atoms in total. The second kappa shape index (κ2) is 7.59. The second-order valence-corrected chi connectivity index (χ2v) is 9.02. The van der Waals surface area contributed by atoms with E-state index in [0.29, 0.717) is 23.5 Å². The molecular weight excluding hydrogens is 390 g/mol. The number of nitrogens with one attached hydrogen (secondary N) is 1. The predicted molar refractivity (Wildman–Crippen MR) is 118 cm³/mol. The fraction of sp³-hybridized carbons (Fsp3) is 0.522. The van der Waals surface area contributed by atoms with E-state index in [0.717, 1.165) is 74.5 Å². The molecule has 1 saturated carbocycles. The fourth-order valence-electron chi connectivity index (χ4n) is 4.84. The van der Waals surface area contributed by atoms with Gasteiger partial charge in [0.15, 0.2) is 17.3 Å². The number of H-pyrrole nitrogens is 1. The van der Waals surface area contributed by atoms with E-state index in [9.17, 15) is 4.79 Å². The summed E-state index contributed by atoms with van der Waals surface area (Å²) in [5, 5.41) is 0. The Morgan fingerprint density at radius 3 is 2.68 bits per heavy atom. The van der Waals surface area contributed by atoms with Crippen LogP contribution in [0.25, 0.3) is 22.8 Å². The fourth-order valence-corrected chi connectivity index (χ4v) is 4.84. The molecule has 0 unspecified atom stereocenters. The lowest BCUT2D eigenvalue weighted by molar-refractivity contribution is -0.134. The monoisotopic (exact) mass is 417 g/mol. The number of amides is 1. The van der Waals surface area contributed by atoms with Crippen molar-refractivity contribution in [3.05, 3.63) is 30.1 Å². The van der Waals surface area contributed by atoms with E-state index in [1.165, 1.54) is 12.8 Å². The zero-order chi connectivity index (χ0) is 20.8. The van der Waals surface area contributed by atoms with E-state index in [2.05, 4.69) is 19.9 Å². The van der Waals surface area contributed by atoms with E-state index in [-0.39, 0.29) is 5.92 Å². The van der Waals surface area contributed by atoms with Gasteiger partial charge in [-0.25, -0.2) is 19.9 Å². The molecule has 8 heteroatoms. The summed E-state index contributed by atoms with van der Waals surface area (Å²) in [5.41, 5.74) is 2.64. The summed E-state index contributed by atoms with van der Waals surface area (Å²) in [6, 6.07) is 6.00. The van der Waals surface area contributed by atoms with Gasteiger partial charge < -0.3 is 14.8 Å². The van der Waals surface area contributed by atoms with Gasteiger partial charge in [-0.1, -0.05) is 0 Å². The van der Waals surface area contributed by atoms with E-state index in [1.807, 2.05) is 29.3 Å². The van der Waals surface area contributed by atoms with Crippen molar-refractivity contribution >= 4 is 22.9 Å². The van der Waals surface area contributed by atoms with Gasteiger partial charge in [-0.3, -0.25) is 4.79 Å². The molecule has 0 aromatic carbocycles. The van der Waals surface area contributed by atoms with E-state index in [1.54, 1.807) is 0 Å². The molecule has 2 saturated heterocycles. The van der Waals surface area contributed by atoms with Crippen molar-refractivity contribution in [2.75, 3.05) is 31.1 Å². The number of carbonyl (C=O) groups excluding carboxylic acids is 1. The molecule has 3 aromatic heterocycles. The van der Waals surface area contributed by atoms with Crippen LogP contribution in [0.1, 0.15) is 50.1 Å². The molecule has 1 N–H and O–H groups in total. The Morgan fingerprint density at radius 2 is 1.84 bits per heavy atom. The highest BCUT2D eigenvalue weighted by Crippen LogP contribution is 2.39. The topological polar surface area (TPSA) is 90.9 Å². The van der Waals surface area contributed by atoms with Crippen LogP contribution in [0.15, 0.2) is 24.4 Å². The van der Waals surface area contributed by atoms with Crippen LogP contribution in [0.4, 0.5) is 5.82 Å². The minimum atomic E-state index is 0.0697. The van der Waals surface area contributed by atoms with Gasteiger partial charge in [0.2, 0.25) is 5.91 Å². The van der Waals surface area contributed by atoms with Crippen LogP contribution in [0.3, 0.4) is 0 Å². The number of fused-ring (bicyclic) bond motifs is 1. The number of imidazole rings is 1. The quantitative estimate of drug-likeness (QED) is 0.701. The molecule has 1 aliphatic carbocycles. The summed E-state index contributed by atoms with van der Waals surface area (Å²) in [7, 11) is 0. The first kappa shape index (κ1) is 18.7. The minimum absolute atomic E-state index is 0.0697. The number of likely N-dealkylation sites (tertiary alicyclic amines) is 1. The molecule has 6 rings (SSSR count).